The van der Waals surface area contributed by atoms with Crippen molar-refractivity contribution in [3.8, 4) is 0 Å². The lowest BCUT2D eigenvalue weighted by molar-refractivity contribution is -0.245. The topological polar surface area (TPSA) is 44.8 Å². The summed E-state index contributed by atoms with van der Waals surface area (Å²) in [5.41, 5.74) is 1.11. The van der Waals surface area contributed by atoms with Gasteiger partial charge in [-0.25, -0.2) is 0 Å². The van der Waals surface area contributed by atoms with E-state index in [0.717, 1.165) is 12.0 Å². The van der Waals surface area contributed by atoms with Gasteiger partial charge in [0.15, 0.2) is 0 Å². The van der Waals surface area contributed by atoms with E-state index in [1.54, 1.807) is 0 Å². The number of hydrogen-bond acceptors (Lipinski definition) is 4. The molecule has 0 aliphatic heterocycles. The fourth-order valence-corrected chi connectivity index (χ4v) is 3.34. The normalized spacial score (nSPS) is 29.8. The van der Waals surface area contributed by atoms with Crippen molar-refractivity contribution in [1.82, 2.24) is 0 Å². The zero-order valence-electron chi connectivity index (χ0n) is 12.3. The van der Waals surface area contributed by atoms with Crippen LogP contribution in [0.1, 0.15) is 12.0 Å². The van der Waals surface area contributed by atoms with Crippen LogP contribution >= 0.6 is 0 Å². The van der Waals surface area contributed by atoms with Gasteiger partial charge in [-0.15, -0.1) is 0 Å². The summed E-state index contributed by atoms with van der Waals surface area (Å²) in [6.07, 6.45) is 4.58. The van der Waals surface area contributed by atoms with Crippen molar-refractivity contribution in [2.24, 2.45) is 11.8 Å². The summed E-state index contributed by atoms with van der Waals surface area (Å²) in [5, 5.41) is 0. The minimum atomic E-state index is -1.13. The van der Waals surface area contributed by atoms with E-state index in [9.17, 15) is 4.79 Å². The van der Waals surface area contributed by atoms with E-state index in [2.05, 4.69) is 0 Å². The Morgan fingerprint density at radius 3 is 2.48 bits per heavy atom. The summed E-state index contributed by atoms with van der Waals surface area (Å²) >= 11 is 0. The van der Waals surface area contributed by atoms with Crippen molar-refractivity contribution in [3.63, 3.8) is 0 Å². The average molecular weight is 288 g/mol. The van der Waals surface area contributed by atoms with E-state index >= 15 is 0 Å². The molecule has 2 bridgehead atoms. The molecule has 3 aliphatic carbocycles. The number of Topliss-reactive ketones (excluding diaryl/α,β-unsaturated/α-hetero) is 1. The summed E-state index contributed by atoms with van der Waals surface area (Å²) in [6, 6.07) is 9.99. The highest BCUT2D eigenvalue weighted by molar-refractivity contribution is 5.92. The van der Waals surface area contributed by atoms with Crippen LogP contribution in [0.2, 0.25) is 0 Å². The van der Waals surface area contributed by atoms with Gasteiger partial charge in [-0.1, -0.05) is 42.5 Å². The third-order valence-corrected chi connectivity index (χ3v) is 4.49. The van der Waals surface area contributed by atoms with Gasteiger partial charge in [0, 0.05) is 20.1 Å². The first kappa shape index (κ1) is 14.4. The van der Waals surface area contributed by atoms with Crippen LogP contribution in [0, 0.1) is 11.8 Å². The smallest absolute Gasteiger partial charge is 0.235 e. The van der Waals surface area contributed by atoms with Crippen LogP contribution in [0.3, 0.4) is 0 Å². The number of hydrogen-bond donors (Lipinski definition) is 0. The molecule has 4 heteroatoms. The molecule has 0 amide bonds. The van der Waals surface area contributed by atoms with Crippen molar-refractivity contribution in [2.45, 2.75) is 24.9 Å². The number of carbonyl (C=O) groups excluding carboxylic acids is 1. The maximum Gasteiger partial charge on any atom is 0.235 e. The van der Waals surface area contributed by atoms with Crippen molar-refractivity contribution in [1.29, 1.82) is 0 Å². The van der Waals surface area contributed by atoms with Crippen molar-refractivity contribution in [3.05, 3.63) is 48.0 Å². The minimum Gasteiger partial charge on any atom is -0.372 e. The average Bonchev–Trinajstić information content (AvgIpc) is 2.55. The Morgan fingerprint density at radius 1 is 1.14 bits per heavy atom. The van der Waals surface area contributed by atoms with Gasteiger partial charge < -0.3 is 14.2 Å². The lowest BCUT2D eigenvalue weighted by Crippen LogP contribution is -2.60. The first-order valence-electron chi connectivity index (χ1n) is 7.19. The molecular weight excluding hydrogens is 268 g/mol. The first-order valence-corrected chi connectivity index (χ1v) is 7.19. The molecule has 112 valence electrons. The second-order valence-electron chi connectivity index (χ2n) is 5.53. The number of methoxy groups -OCH3 is 2. The molecule has 21 heavy (non-hydrogen) atoms. The van der Waals surface area contributed by atoms with E-state index in [-0.39, 0.29) is 23.7 Å². The van der Waals surface area contributed by atoms with Crippen LogP contribution in [0.5, 0.6) is 0 Å². The Morgan fingerprint density at radius 2 is 1.86 bits per heavy atom. The molecule has 1 saturated carbocycles. The summed E-state index contributed by atoms with van der Waals surface area (Å²) in [6.45, 7) is 0.517. The summed E-state index contributed by atoms with van der Waals surface area (Å²) in [5.74, 6) is -1.56. The Bertz CT molecular complexity index is 533. The van der Waals surface area contributed by atoms with Gasteiger partial charge in [0.2, 0.25) is 11.6 Å². The summed E-state index contributed by atoms with van der Waals surface area (Å²) in [4.78, 5) is 12.6. The quantitative estimate of drug-likeness (QED) is 0.616. The number of fused-ring (bicyclic) bond motifs is 2. The van der Waals surface area contributed by atoms with Crippen molar-refractivity contribution in [2.75, 3.05) is 14.2 Å². The highest BCUT2D eigenvalue weighted by atomic mass is 16.7. The lowest BCUT2D eigenvalue weighted by Gasteiger charge is -2.47. The van der Waals surface area contributed by atoms with Crippen LogP contribution in [0.25, 0.3) is 0 Å². The van der Waals surface area contributed by atoms with E-state index in [1.165, 1.54) is 14.2 Å². The molecule has 0 unspecified atom stereocenters. The number of ether oxygens (including phenoxy) is 3. The molecule has 0 radical (unpaired) electrons. The molecular formula is C17H20O4. The van der Waals surface area contributed by atoms with E-state index in [1.807, 2.05) is 42.5 Å². The largest absolute Gasteiger partial charge is 0.372 e. The van der Waals surface area contributed by atoms with Crippen molar-refractivity contribution >= 4 is 5.78 Å². The highest BCUT2D eigenvalue weighted by Gasteiger charge is 2.57. The first-order chi connectivity index (χ1) is 10.2. The Hall–Kier alpha value is -1.49. The molecule has 1 fully saturated rings. The van der Waals surface area contributed by atoms with Gasteiger partial charge in [0.25, 0.3) is 0 Å². The zero-order valence-corrected chi connectivity index (χ0v) is 12.3. The lowest BCUT2D eigenvalue weighted by atomic mass is 9.69. The predicted molar refractivity (Wildman–Crippen MR) is 77.5 cm³/mol. The number of rotatable bonds is 5. The third kappa shape index (κ3) is 2.33. The molecule has 0 heterocycles. The van der Waals surface area contributed by atoms with Gasteiger partial charge >= 0.3 is 0 Å². The molecule has 4 rings (SSSR count). The number of carbonyl (C=O) groups is 1. The fraction of sp³-hybridized carbons (Fsp3) is 0.471. The molecule has 3 aliphatic rings. The maximum atomic E-state index is 12.6. The van der Waals surface area contributed by atoms with Gasteiger partial charge in [-0.3, -0.25) is 4.79 Å². The van der Waals surface area contributed by atoms with Crippen molar-refractivity contribution < 1.29 is 19.0 Å². The molecule has 4 nitrogen and oxygen atoms in total. The fourth-order valence-electron chi connectivity index (χ4n) is 3.34. The Labute approximate surface area is 124 Å². The van der Waals surface area contributed by atoms with E-state index in [4.69, 9.17) is 14.2 Å². The van der Waals surface area contributed by atoms with Crippen LogP contribution in [0.4, 0.5) is 0 Å². The minimum absolute atomic E-state index is 0.0377. The van der Waals surface area contributed by atoms with Gasteiger partial charge in [0.1, 0.15) is 0 Å². The number of benzene rings is 1. The third-order valence-electron chi connectivity index (χ3n) is 4.49. The zero-order chi connectivity index (χ0) is 14.9. The molecule has 1 aromatic rings. The van der Waals surface area contributed by atoms with Crippen LogP contribution in [-0.2, 0) is 25.6 Å². The molecule has 3 atom stereocenters. The standard InChI is InChI=1S/C17H20O4/c1-19-17(20-2)13-8-9-14(16(17)18)15(10-13)21-11-12-6-4-3-5-7-12/h3-9,13-15H,10-11H2,1-2H3/t13-,14+,15-/m1/s1. The Balaban J connectivity index is 1.72. The second kappa shape index (κ2) is 5.72. The summed E-state index contributed by atoms with van der Waals surface area (Å²) in [7, 11) is 3.05. The predicted octanol–water partition coefficient (Wildman–Crippen LogP) is 2.34. The van der Waals surface area contributed by atoms with Gasteiger partial charge in [-0.05, 0) is 12.0 Å². The maximum absolute atomic E-state index is 12.6. The summed E-state index contributed by atoms with van der Waals surface area (Å²) < 4.78 is 16.8. The molecule has 0 aromatic heterocycles. The molecule has 0 N–H and O–H groups in total. The molecule has 0 saturated heterocycles. The molecule has 1 aromatic carbocycles. The van der Waals surface area contributed by atoms with E-state index in [0.29, 0.717) is 6.61 Å². The second-order valence-corrected chi connectivity index (χ2v) is 5.53. The SMILES string of the molecule is COC1(OC)C(=O)[C@H]2C=C[C@@H]1C[C@H]2OCc1ccccc1. The monoisotopic (exact) mass is 288 g/mol. The highest BCUT2D eigenvalue weighted by Crippen LogP contribution is 2.44. The van der Waals surface area contributed by atoms with Crippen LogP contribution in [-0.4, -0.2) is 31.9 Å². The Kier molecular flexibility index (Phi) is 3.93. The van der Waals surface area contributed by atoms with Crippen LogP contribution in [0.15, 0.2) is 42.5 Å². The van der Waals surface area contributed by atoms with Crippen LogP contribution < -0.4 is 0 Å². The van der Waals surface area contributed by atoms with E-state index < -0.39 is 5.79 Å². The van der Waals surface area contributed by atoms with Gasteiger partial charge in [-0.2, -0.15) is 0 Å². The molecule has 0 spiro atoms. The van der Waals surface area contributed by atoms with Gasteiger partial charge in [0.05, 0.1) is 18.6 Å². The number of ketones is 1.